The van der Waals surface area contributed by atoms with Crippen molar-refractivity contribution in [3.05, 3.63) is 35.4 Å². The van der Waals surface area contributed by atoms with Crippen LogP contribution in [-0.2, 0) is 11.8 Å². The average Bonchev–Trinajstić information content (AvgIpc) is 2.35. The van der Waals surface area contributed by atoms with Crippen LogP contribution in [0.1, 0.15) is 57.1 Å². The minimum atomic E-state index is 0.428. The second-order valence-electron chi connectivity index (χ2n) is 6.83. The quantitative estimate of drug-likeness (QED) is 0.857. The van der Waals surface area contributed by atoms with Gasteiger partial charge in [0.15, 0.2) is 0 Å². The molecule has 0 aliphatic heterocycles. The van der Waals surface area contributed by atoms with E-state index in [0.29, 0.717) is 11.5 Å². The molecule has 3 rings (SSSR count). The van der Waals surface area contributed by atoms with Gasteiger partial charge in [-0.1, -0.05) is 44.5 Å². The van der Waals surface area contributed by atoms with Crippen LogP contribution in [0.25, 0.3) is 0 Å². The Bertz CT molecular complexity index is 433. The molecule has 1 nitrogen and oxygen atoms in total. The van der Waals surface area contributed by atoms with Crippen molar-refractivity contribution >= 4 is 0 Å². The van der Waals surface area contributed by atoms with Crippen molar-refractivity contribution < 1.29 is 0 Å². The molecule has 0 spiro atoms. The number of fused-ring (bicyclic) bond motifs is 1. The SMILES string of the molecule is CC(C)NCC1(C2CCC2)CCCc2ccccc21. The maximum atomic E-state index is 3.75. The first-order chi connectivity index (χ1) is 9.22. The molecule has 2 aliphatic rings. The summed E-state index contributed by atoms with van der Waals surface area (Å²) in [5.41, 5.74) is 3.71. The van der Waals surface area contributed by atoms with Gasteiger partial charge in [-0.05, 0) is 49.1 Å². The molecule has 0 saturated heterocycles. The number of aryl methyl sites for hydroxylation is 1. The van der Waals surface area contributed by atoms with E-state index < -0.39 is 0 Å². The Kier molecular flexibility index (Phi) is 3.66. The highest BCUT2D eigenvalue weighted by Crippen LogP contribution is 2.50. The van der Waals surface area contributed by atoms with Crippen molar-refractivity contribution in [3.63, 3.8) is 0 Å². The van der Waals surface area contributed by atoms with Crippen LogP contribution in [0.3, 0.4) is 0 Å². The molecule has 1 saturated carbocycles. The van der Waals surface area contributed by atoms with E-state index in [1.54, 1.807) is 11.1 Å². The third-order valence-electron chi connectivity index (χ3n) is 5.34. The van der Waals surface area contributed by atoms with Crippen LogP contribution in [-0.4, -0.2) is 12.6 Å². The molecule has 0 amide bonds. The third kappa shape index (κ3) is 2.33. The van der Waals surface area contributed by atoms with Crippen LogP contribution in [0.15, 0.2) is 24.3 Å². The Balaban J connectivity index is 1.95. The highest BCUT2D eigenvalue weighted by molar-refractivity contribution is 5.38. The Hall–Kier alpha value is -0.820. The molecule has 0 bridgehead atoms. The third-order valence-corrected chi connectivity index (χ3v) is 5.34. The summed E-state index contributed by atoms with van der Waals surface area (Å²) in [5, 5.41) is 3.75. The highest BCUT2D eigenvalue weighted by atomic mass is 14.9. The maximum Gasteiger partial charge on any atom is 0.0109 e. The smallest absolute Gasteiger partial charge is 0.0109 e. The fraction of sp³-hybridized carbons (Fsp3) is 0.667. The lowest BCUT2D eigenvalue weighted by molar-refractivity contribution is 0.135. The molecule has 2 aliphatic carbocycles. The Morgan fingerprint density at radius 2 is 2.00 bits per heavy atom. The Morgan fingerprint density at radius 3 is 2.68 bits per heavy atom. The van der Waals surface area contributed by atoms with Gasteiger partial charge >= 0.3 is 0 Å². The van der Waals surface area contributed by atoms with Gasteiger partial charge in [-0.3, -0.25) is 0 Å². The van der Waals surface area contributed by atoms with Crippen LogP contribution in [0.4, 0.5) is 0 Å². The normalized spacial score (nSPS) is 27.1. The largest absolute Gasteiger partial charge is 0.314 e. The van der Waals surface area contributed by atoms with Crippen molar-refractivity contribution in [1.82, 2.24) is 5.32 Å². The molecule has 1 N–H and O–H groups in total. The molecule has 0 radical (unpaired) electrons. The summed E-state index contributed by atoms with van der Waals surface area (Å²) in [6, 6.07) is 9.82. The molecule has 0 heterocycles. The average molecular weight is 257 g/mol. The summed E-state index contributed by atoms with van der Waals surface area (Å²) in [6.07, 6.45) is 8.35. The predicted molar refractivity (Wildman–Crippen MR) is 81.5 cm³/mol. The number of hydrogen-bond donors (Lipinski definition) is 1. The molecular formula is C18H27N. The number of rotatable bonds is 4. The standard InChI is InChI=1S/C18H27N/c1-14(2)19-13-18(16-9-5-10-16)12-6-8-15-7-3-4-11-17(15)18/h3-4,7,11,14,16,19H,5-6,8-10,12-13H2,1-2H3. The van der Waals surface area contributed by atoms with Gasteiger partial charge in [0.25, 0.3) is 0 Å². The summed E-state index contributed by atoms with van der Waals surface area (Å²) >= 11 is 0. The van der Waals surface area contributed by atoms with Crippen LogP contribution in [0, 0.1) is 5.92 Å². The maximum absolute atomic E-state index is 3.75. The van der Waals surface area contributed by atoms with Gasteiger partial charge < -0.3 is 5.32 Å². The van der Waals surface area contributed by atoms with Crippen LogP contribution < -0.4 is 5.32 Å². The monoisotopic (exact) mass is 257 g/mol. The van der Waals surface area contributed by atoms with E-state index >= 15 is 0 Å². The lowest BCUT2D eigenvalue weighted by Gasteiger charge is -2.49. The first kappa shape index (κ1) is 13.2. The Morgan fingerprint density at radius 1 is 1.21 bits per heavy atom. The zero-order valence-electron chi connectivity index (χ0n) is 12.4. The summed E-state index contributed by atoms with van der Waals surface area (Å²) < 4.78 is 0. The van der Waals surface area contributed by atoms with Crippen LogP contribution >= 0.6 is 0 Å². The van der Waals surface area contributed by atoms with E-state index in [2.05, 4.69) is 43.4 Å². The van der Waals surface area contributed by atoms with E-state index in [9.17, 15) is 0 Å². The van der Waals surface area contributed by atoms with Gasteiger partial charge in [0, 0.05) is 18.0 Å². The molecular weight excluding hydrogens is 230 g/mol. The zero-order valence-corrected chi connectivity index (χ0v) is 12.4. The first-order valence-corrected chi connectivity index (χ1v) is 8.04. The summed E-state index contributed by atoms with van der Waals surface area (Å²) in [4.78, 5) is 0. The van der Waals surface area contributed by atoms with Gasteiger partial charge in [0.2, 0.25) is 0 Å². The van der Waals surface area contributed by atoms with Crippen molar-refractivity contribution in [3.8, 4) is 0 Å². The van der Waals surface area contributed by atoms with Gasteiger partial charge in [-0.15, -0.1) is 0 Å². The lowest BCUT2D eigenvalue weighted by atomic mass is 9.57. The minimum absolute atomic E-state index is 0.428. The van der Waals surface area contributed by atoms with Gasteiger partial charge in [-0.2, -0.15) is 0 Å². The summed E-state index contributed by atoms with van der Waals surface area (Å²) in [7, 11) is 0. The second-order valence-corrected chi connectivity index (χ2v) is 6.83. The summed E-state index contributed by atoms with van der Waals surface area (Å²) in [6.45, 7) is 5.71. The highest BCUT2D eigenvalue weighted by Gasteiger charge is 2.45. The lowest BCUT2D eigenvalue weighted by Crippen LogP contribution is -2.50. The molecule has 1 aromatic rings. The molecule has 1 heteroatoms. The fourth-order valence-electron chi connectivity index (χ4n) is 4.05. The molecule has 1 aromatic carbocycles. The molecule has 1 atom stereocenters. The van der Waals surface area contributed by atoms with Crippen molar-refractivity contribution in [2.24, 2.45) is 5.92 Å². The predicted octanol–water partition coefficient (Wildman–Crippen LogP) is 4.06. The van der Waals surface area contributed by atoms with Crippen molar-refractivity contribution in [2.75, 3.05) is 6.54 Å². The van der Waals surface area contributed by atoms with Crippen LogP contribution in [0.2, 0.25) is 0 Å². The molecule has 1 fully saturated rings. The summed E-state index contributed by atoms with van der Waals surface area (Å²) in [5.74, 6) is 0.917. The molecule has 19 heavy (non-hydrogen) atoms. The van der Waals surface area contributed by atoms with Gasteiger partial charge in [-0.25, -0.2) is 0 Å². The second kappa shape index (κ2) is 5.28. The van der Waals surface area contributed by atoms with Crippen molar-refractivity contribution in [2.45, 2.75) is 63.8 Å². The molecule has 0 aromatic heterocycles. The minimum Gasteiger partial charge on any atom is -0.314 e. The van der Waals surface area contributed by atoms with E-state index in [0.717, 1.165) is 5.92 Å². The topological polar surface area (TPSA) is 12.0 Å². The van der Waals surface area contributed by atoms with Gasteiger partial charge in [0.05, 0.1) is 0 Å². The van der Waals surface area contributed by atoms with E-state index in [1.807, 2.05) is 0 Å². The Labute approximate surface area is 117 Å². The zero-order chi connectivity index (χ0) is 13.3. The van der Waals surface area contributed by atoms with E-state index in [-0.39, 0.29) is 0 Å². The van der Waals surface area contributed by atoms with E-state index in [1.165, 1.54) is 45.1 Å². The van der Waals surface area contributed by atoms with Crippen molar-refractivity contribution in [1.29, 1.82) is 0 Å². The van der Waals surface area contributed by atoms with Gasteiger partial charge in [0.1, 0.15) is 0 Å². The fourth-order valence-corrected chi connectivity index (χ4v) is 4.05. The number of hydrogen-bond acceptors (Lipinski definition) is 1. The number of nitrogens with one attached hydrogen (secondary N) is 1. The van der Waals surface area contributed by atoms with E-state index in [4.69, 9.17) is 0 Å². The van der Waals surface area contributed by atoms with Crippen LogP contribution in [0.5, 0.6) is 0 Å². The molecule has 1 unspecified atom stereocenters. The molecule has 104 valence electrons. The number of benzene rings is 1. The first-order valence-electron chi connectivity index (χ1n) is 8.04.